The molecule has 1 nitrogen and oxygen atoms in total. The van der Waals surface area contributed by atoms with E-state index in [1.54, 1.807) is 0 Å². The van der Waals surface area contributed by atoms with Crippen molar-refractivity contribution in [3.8, 4) is 0 Å². The number of rotatable bonds is 6. The van der Waals surface area contributed by atoms with E-state index >= 15 is 0 Å². The smallest absolute Gasteiger partial charge is 0.0164 e. The molecule has 3 rings (SSSR count). The van der Waals surface area contributed by atoms with Crippen LogP contribution in [0.2, 0.25) is 0 Å². The zero-order valence-electron chi connectivity index (χ0n) is 12.2. The first-order valence-corrected chi connectivity index (χ1v) is 7.62. The second-order valence-corrected chi connectivity index (χ2v) is 5.89. The molecule has 2 aromatic rings. The van der Waals surface area contributed by atoms with Crippen molar-refractivity contribution in [3.63, 3.8) is 0 Å². The average molecular weight is 265 g/mol. The normalized spacial score (nSPS) is 17.6. The molecule has 1 N–H and O–H groups in total. The van der Waals surface area contributed by atoms with Gasteiger partial charge in [-0.1, -0.05) is 60.7 Å². The Morgan fingerprint density at radius 3 is 2.10 bits per heavy atom. The van der Waals surface area contributed by atoms with Crippen molar-refractivity contribution in [1.82, 2.24) is 5.32 Å². The summed E-state index contributed by atoms with van der Waals surface area (Å²) in [5.74, 6) is 0. The van der Waals surface area contributed by atoms with E-state index in [0.717, 1.165) is 6.42 Å². The molecule has 0 spiro atoms. The number of likely N-dealkylation sites (N-methyl/N-ethyl adjacent to an activating group) is 1. The van der Waals surface area contributed by atoms with Gasteiger partial charge in [-0.05, 0) is 43.9 Å². The molecule has 0 bridgehead atoms. The molecule has 0 aromatic heterocycles. The van der Waals surface area contributed by atoms with Gasteiger partial charge < -0.3 is 5.32 Å². The van der Waals surface area contributed by atoms with E-state index in [-0.39, 0.29) is 0 Å². The van der Waals surface area contributed by atoms with Crippen molar-refractivity contribution in [3.05, 3.63) is 71.8 Å². The van der Waals surface area contributed by atoms with Crippen LogP contribution in [0.15, 0.2) is 60.7 Å². The summed E-state index contributed by atoms with van der Waals surface area (Å²) in [5, 5.41) is 3.57. The third kappa shape index (κ3) is 2.64. The number of nitrogens with one attached hydrogen (secondary N) is 1. The Morgan fingerprint density at radius 2 is 1.55 bits per heavy atom. The largest absolute Gasteiger partial charge is 0.316 e. The Balaban J connectivity index is 1.71. The minimum atomic E-state index is 0.380. The summed E-state index contributed by atoms with van der Waals surface area (Å²) in [7, 11) is 2.11. The van der Waals surface area contributed by atoms with Crippen molar-refractivity contribution < 1.29 is 0 Å². The van der Waals surface area contributed by atoms with Gasteiger partial charge in [-0.25, -0.2) is 0 Å². The maximum Gasteiger partial charge on any atom is 0.0164 e. The average Bonchev–Trinajstić information content (AvgIpc) is 3.32. The van der Waals surface area contributed by atoms with E-state index in [4.69, 9.17) is 0 Å². The highest BCUT2D eigenvalue weighted by molar-refractivity contribution is 5.34. The molecule has 2 aromatic carbocycles. The number of hydrogen-bond donors (Lipinski definition) is 1. The summed E-state index contributed by atoms with van der Waals surface area (Å²) >= 11 is 0. The number of aryl methyl sites for hydroxylation is 1. The van der Waals surface area contributed by atoms with Crippen LogP contribution in [-0.2, 0) is 11.8 Å². The molecule has 0 amide bonds. The van der Waals surface area contributed by atoms with Crippen LogP contribution < -0.4 is 5.32 Å². The first-order valence-electron chi connectivity index (χ1n) is 7.62. The molecule has 1 unspecified atom stereocenters. The SMILES string of the molecule is CNC(CCc1ccccc1)C1(c2ccccc2)CC1. The third-order valence-corrected chi connectivity index (χ3v) is 4.72. The summed E-state index contributed by atoms with van der Waals surface area (Å²) in [4.78, 5) is 0. The minimum Gasteiger partial charge on any atom is -0.316 e. The van der Waals surface area contributed by atoms with Crippen LogP contribution in [0, 0.1) is 0 Å². The minimum absolute atomic E-state index is 0.380. The molecule has 1 heteroatoms. The van der Waals surface area contributed by atoms with Crippen LogP contribution >= 0.6 is 0 Å². The van der Waals surface area contributed by atoms with Gasteiger partial charge in [0.2, 0.25) is 0 Å². The summed E-state index contributed by atoms with van der Waals surface area (Å²) in [6.07, 6.45) is 4.99. The fourth-order valence-electron chi connectivity index (χ4n) is 3.40. The fraction of sp³-hybridized carbons (Fsp3) is 0.368. The fourth-order valence-corrected chi connectivity index (χ4v) is 3.40. The lowest BCUT2D eigenvalue weighted by molar-refractivity contribution is 0.419. The van der Waals surface area contributed by atoms with Crippen molar-refractivity contribution >= 4 is 0 Å². The van der Waals surface area contributed by atoms with Gasteiger partial charge in [0.15, 0.2) is 0 Å². The van der Waals surface area contributed by atoms with E-state index in [1.165, 1.54) is 30.4 Å². The molecule has 1 atom stereocenters. The van der Waals surface area contributed by atoms with E-state index in [1.807, 2.05) is 0 Å². The van der Waals surface area contributed by atoms with E-state index in [0.29, 0.717) is 11.5 Å². The zero-order chi connectivity index (χ0) is 13.8. The molecule has 1 saturated carbocycles. The quantitative estimate of drug-likeness (QED) is 0.834. The number of hydrogen-bond acceptors (Lipinski definition) is 1. The third-order valence-electron chi connectivity index (χ3n) is 4.72. The Hall–Kier alpha value is -1.60. The first-order chi connectivity index (χ1) is 9.85. The van der Waals surface area contributed by atoms with Crippen molar-refractivity contribution in [2.45, 2.75) is 37.1 Å². The van der Waals surface area contributed by atoms with Gasteiger partial charge in [-0.15, -0.1) is 0 Å². The van der Waals surface area contributed by atoms with Gasteiger partial charge in [-0.2, -0.15) is 0 Å². The van der Waals surface area contributed by atoms with Crippen LogP contribution in [0.5, 0.6) is 0 Å². The topological polar surface area (TPSA) is 12.0 Å². The summed E-state index contributed by atoms with van der Waals surface area (Å²) in [5.41, 5.74) is 3.33. The predicted octanol–water partition coefficient (Wildman–Crippen LogP) is 3.94. The lowest BCUT2D eigenvalue weighted by Crippen LogP contribution is -2.38. The highest BCUT2D eigenvalue weighted by Gasteiger charge is 2.49. The highest BCUT2D eigenvalue weighted by Crippen LogP contribution is 2.51. The van der Waals surface area contributed by atoms with Gasteiger partial charge in [0.25, 0.3) is 0 Å². The second kappa shape index (κ2) is 5.80. The van der Waals surface area contributed by atoms with Crippen molar-refractivity contribution in [2.75, 3.05) is 7.05 Å². The van der Waals surface area contributed by atoms with Gasteiger partial charge in [0.1, 0.15) is 0 Å². The maximum atomic E-state index is 3.57. The molecule has 0 aliphatic heterocycles. The molecule has 1 aliphatic rings. The van der Waals surface area contributed by atoms with Gasteiger partial charge in [-0.3, -0.25) is 0 Å². The predicted molar refractivity (Wildman–Crippen MR) is 85.0 cm³/mol. The lowest BCUT2D eigenvalue weighted by Gasteiger charge is -2.27. The summed E-state index contributed by atoms with van der Waals surface area (Å²) < 4.78 is 0. The van der Waals surface area contributed by atoms with Crippen LogP contribution in [0.25, 0.3) is 0 Å². The van der Waals surface area contributed by atoms with Crippen molar-refractivity contribution in [2.24, 2.45) is 0 Å². The summed E-state index contributed by atoms with van der Waals surface area (Å²) in [6.45, 7) is 0. The Morgan fingerprint density at radius 1 is 0.950 bits per heavy atom. The van der Waals surface area contributed by atoms with Crippen LogP contribution in [-0.4, -0.2) is 13.1 Å². The molecular weight excluding hydrogens is 242 g/mol. The molecular formula is C19H23N. The maximum absolute atomic E-state index is 3.57. The highest BCUT2D eigenvalue weighted by atomic mass is 14.9. The van der Waals surface area contributed by atoms with E-state index < -0.39 is 0 Å². The molecule has 104 valence electrons. The molecule has 1 aliphatic carbocycles. The summed E-state index contributed by atoms with van der Waals surface area (Å²) in [6, 6.07) is 22.4. The monoisotopic (exact) mass is 265 g/mol. The van der Waals surface area contributed by atoms with Gasteiger partial charge in [0, 0.05) is 11.5 Å². The van der Waals surface area contributed by atoms with Crippen LogP contribution in [0.3, 0.4) is 0 Å². The molecule has 1 fully saturated rings. The lowest BCUT2D eigenvalue weighted by atomic mass is 9.85. The Kier molecular flexibility index (Phi) is 3.88. The first kappa shape index (κ1) is 13.4. The van der Waals surface area contributed by atoms with Crippen molar-refractivity contribution in [1.29, 1.82) is 0 Å². The molecule has 0 radical (unpaired) electrons. The van der Waals surface area contributed by atoms with Crippen LogP contribution in [0.4, 0.5) is 0 Å². The molecule has 0 saturated heterocycles. The number of benzene rings is 2. The Bertz CT molecular complexity index is 528. The van der Waals surface area contributed by atoms with Gasteiger partial charge >= 0.3 is 0 Å². The molecule has 0 heterocycles. The second-order valence-electron chi connectivity index (χ2n) is 5.89. The molecule has 20 heavy (non-hydrogen) atoms. The standard InChI is InChI=1S/C19H23N/c1-20-18(13-12-16-8-4-2-5-9-16)19(14-15-19)17-10-6-3-7-11-17/h2-11,18,20H,12-15H2,1H3. The van der Waals surface area contributed by atoms with Gasteiger partial charge in [0.05, 0.1) is 0 Å². The van der Waals surface area contributed by atoms with Crippen LogP contribution in [0.1, 0.15) is 30.4 Å². The van der Waals surface area contributed by atoms with E-state index in [2.05, 4.69) is 73.0 Å². The van der Waals surface area contributed by atoms with E-state index in [9.17, 15) is 0 Å². The zero-order valence-corrected chi connectivity index (χ0v) is 12.2. The Labute approximate surface area is 122 Å².